The molecule has 1 amide bonds. The normalized spacial score (nSPS) is 20.5. The summed E-state index contributed by atoms with van der Waals surface area (Å²) in [6.07, 6.45) is 4.09. The lowest BCUT2D eigenvalue weighted by molar-refractivity contribution is -0.122. The molecule has 28 heavy (non-hydrogen) atoms. The van der Waals surface area contributed by atoms with Crippen LogP contribution in [0.25, 0.3) is 10.9 Å². The van der Waals surface area contributed by atoms with Crippen LogP contribution in [-0.2, 0) is 4.74 Å². The van der Waals surface area contributed by atoms with E-state index in [1.54, 1.807) is 11.1 Å². The molecule has 1 aromatic carbocycles. The monoisotopic (exact) mass is 381 g/mol. The highest BCUT2D eigenvalue weighted by molar-refractivity contribution is 6.07. The molecule has 2 fully saturated rings. The molecule has 2 aliphatic heterocycles. The molecule has 1 N–H and O–H groups in total. The molecule has 4 heterocycles. The summed E-state index contributed by atoms with van der Waals surface area (Å²) in [4.78, 5) is 21.8. The topological polar surface area (TPSA) is 67.5 Å². The van der Waals surface area contributed by atoms with Gasteiger partial charge in [-0.05, 0) is 24.6 Å². The van der Waals surface area contributed by atoms with E-state index in [1.807, 2.05) is 24.3 Å². The molecule has 3 aromatic rings. The van der Waals surface area contributed by atoms with Gasteiger partial charge in [-0.25, -0.2) is 9.37 Å². The van der Waals surface area contributed by atoms with Crippen molar-refractivity contribution in [2.24, 2.45) is 5.92 Å². The molecule has 1 unspecified atom stereocenters. The number of nitrogens with one attached hydrogen (secondary N) is 1. The average molecular weight is 381 g/mol. The molecule has 7 heteroatoms. The van der Waals surface area contributed by atoms with E-state index >= 15 is 0 Å². The third-order valence-electron chi connectivity index (χ3n) is 5.77. The van der Waals surface area contributed by atoms with E-state index in [0.717, 1.165) is 17.3 Å². The minimum Gasteiger partial charge on any atom is -0.475 e. The van der Waals surface area contributed by atoms with Gasteiger partial charge >= 0.3 is 0 Å². The lowest BCUT2D eigenvalue weighted by Crippen LogP contribution is -2.66. The summed E-state index contributed by atoms with van der Waals surface area (Å²) in [6, 6.07) is 10.6. The predicted molar refractivity (Wildman–Crippen MR) is 101 cm³/mol. The first kappa shape index (κ1) is 17.2. The zero-order valence-electron chi connectivity index (χ0n) is 15.2. The number of nitrogens with zero attached hydrogens (tertiary/aromatic N) is 2. The zero-order valence-corrected chi connectivity index (χ0v) is 15.2. The van der Waals surface area contributed by atoms with Crippen LogP contribution in [0.15, 0.2) is 48.8 Å². The lowest BCUT2D eigenvalue weighted by atomic mass is 9.81. The molecule has 144 valence electrons. The molecule has 2 aliphatic rings. The Balaban J connectivity index is 1.26. The van der Waals surface area contributed by atoms with Gasteiger partial charge < -0.3 is 19.4 Å². The van der Waals surface area contributed by atoms with Crippen molar-refractivity contribution >= 4 is 16.8 Å². The number of likely N-dealkylation sites (tertiary alicyclic amines) is 1. The van der Waals surface area contributed by atoms with Gasteiger partial charge in [0.05, 0.1) is 25.3 Å². The van der Waals surface area contributed by atoms with Crippen molar-refractivity contribution in [2.75, 3.05) is 26.3 Å². The maximum Gasteiger partial charge on any atom is 0.256 e. The van der Waals surface area contributed by atoms with Gasteiger partial charge in [0.15, 0.2) is 5.82 Å². The Morgan fingerprint density at radius 3 is 3.04 bits per heavy atom. The fourth-order valence-electron chi connectivity index (χ4n) is 4.19. The lowest BCUT2D eigenvalue weighted by Gasteiger charge is -2.50. The smallest absolute Gasteiger partial charge is 0.256 e. The van der Waals surface area contributed by atoms with Crippen molar-refractivity contribution < 1.29 is 18.7 Å². The quantitative estimate of drug-likeness (QED) is 0.754. The molecule has 6 nitrogen and oxygen atoms in total. The minimum absolute atomic E-state index is 0.00554. The van der Waals surface area contributed by atoms with Crippen molar-refractivity contribution in [3.8, 4) is 5.88 Å². The number of hydrogen-bond acceptors (Lipinski definition) is 4. The number of halogens is 1. The third kappa shape index (κ3) is 2.74. The SMILES string of the molecule is O=C(c1c[nH]c2ccccc12)N1CC2(C1)OCCC2COc1ncccc1F. The Labute approximate surface area is 161 Å². The molecule has 0 radical (unpaired) electrons. The number of carbonyl (C=O) groups is 1. The second-order valence-electron chi connectivity index (χ2n) is 7.41. The number of ether oxygens (including phenoxy) is 2. The van der Waals surface area contributed by atoms with E-state index in [4.69, 9.17) is 9.47 Å². The van der Waals surface area contributed by atoms with E-state index in [1.165, 1.54) is 18.3 Å². The highest BCUT2D eigenvalue weighted by Gasteiger charge is 2.55. The van der Waals surface area contributed by atoms with E-state index in [0.29, 0.717) is 31.9 Å². The molecular formula is C21H20FN3O3. The number of para-hydroxylation sites is 1. The molecule has 1 spiro atoms. The number of fused-ring (bicyclic) bond motifs is 1. The van der Waals surface area contributed by atoms with Crippen LogP contribution in [0.3, 0.4) is 0 Å². The fraction of sp³-hybridized carbons (Fsp3) is 0.333. The van der Waals surface area contributed by atoms with E-state index < -0.39 is 11.4 Å². The van der Waals surface area contributed by atoms with Gasteiger partial charge in [-0.1, -0.05) is 18.2 Å². The minimum atomic E-state index is -0.472. The number of H-pyrrole nitrogens is 1. The first-order chi connectivity index (χ1) is 13.7. The van der Waals surface area contributed by atoms with Gasteiger partial charge in [-0.15, -0.1) is 0 Å². The van der Waals surface area contributed by atoms with Crippen molar-refractivity contribution in [2.45, 2.75) is 12.0 Å². The zero-order chi connectivity index (χ0) is 19.1. The molecular weight excluding hydrogens is 361 g/mol. The van der Waals surface area contributed by atoms with Gasteiger partial charge in [-0.2, -0.15) is 0 Å². The molecule has 0 aliphatic carbocycles. The van der Waals surface area contributed by atoms with E-state index in [-0.39, 0.29) is 17.7 Å². The van der Waals surface area contributed by atoms with Gasteiger partial charge in [0.1, 0.15) is 5.60 Å². The van der Waals surface area contributed by atoms with Crippen LogP contribution in [0.1, 0.15) is 16.8 Å². The summed E-state index contributed by atoms with van der Waals surface area (Å²) in [7, 11) is 0. The Morgan fingerprint density at radius 2 is 2.18 bits per heavy atom. The highest BCUT2D eigenvalue weighted by Crippen LogP contribution is 2.41. The Hall–Kier alpha value is -2.93. The summed E-state index contributed by atoms with van der Waals surface area (Å²) in [5, 5.41) is 0.923. The predicted octanol–water partition coefficient (Wildman–Crippen LogP) is 3.01. The Kier molecular flexibility index (Phi) is 4.05. The molecule has 0 saturated carbocycles. The van der Waals surface area contributed by atoms with Crippen molar-refractivity contribution in [3.05, 3.63) is 60.2 Å². The first-order valence-corrected chi connectivity index (χ1v) is 9.39. The van der Waals surface area contributed by atoms with Crippen LogP contribution >= 0.6 is 0 Å². The van der Waals surface area contributed by atoms with Crippen molar-refractivity contribution in [3.63, 3.8) is 0 Å². The summed E-state index contributed by atoms with van der Waals surface area (Å²) in [5.41, 5.74) is 1.21. The van der Waals surface area contributed by atoms with Crippen molar-refractivity contribution in [1.29, 1.82) is 0 Å². The van der Waals surface area contributed by atoms with Crippen LogP contribution in [0.4, 0.5) is 4.39 Å². The number of aromatic amines is 1. The summed E-state index contributed by atoms with van der Waals surface area (Å²) < 4.78 is 25.3. The van der Waals surface area contributed by atoms with E-state index in [9.17, 15) is 9.18 Å². The number of aromatic nitrogens is 2. The van der Waals surface area contributed by atoms with Crippen LogP contribution in [0.5, 0.6) is 5.88 Å². The molecule has 2 saturated heterocycles. The van der Waals surface area contributed by atoms with Gasteiger partial charge in [-0.3, -0.25) is 4.79 Å². The molecule has 2 aromatic heterocycles. The highest BCUT2D eigenvalue weighted by atomic mass is 19.1. The van der Waals surface area contributed by atoms with Crippen LogP contribution in [0.2, 0.25) is 0 Å². The Bertz CT molecular complexity index is 1030. The number of rotatable bonds is 4. The second kappa shape index (κ2) is 6.60. The fourth-order valence-corrected chi connectivity index (χ4v) is 4.19. The summed E-state index contributed by atoms with van der Waals surface area (Å²) in [6.45, 7) is 1.98. The van der Waals surface area contributed by atoms with E-state index in [2.05, 4.69) is 9.97 Å². The Morgan fingerprint density at radius 1 is 1.32 bits per heavy atom. The molecule has 5 rings (SSSR count). The van der Waals surface area contributed by atoms with Crippen LogP contribution in [-0.4, -0.2) is 52.7 Å². The molecule has 1 atom stereocenters. The van der Waals surface area contributed by atoms with Crippen LogP contribution < -0.4 is 4.74 Å². The number of carbonyl (C=O) groups excluding carboxylic acids is 1. The maximum absolute atomic E-state index is 13.7. The summed E-state index contributed by atoms with van der Waals surface area (Å²) in [5.74, 6) is -0.370. The average Bonchev–Trinajstić information content (AvgIpc) is 3.30. The van der Waals surface area contributed by atoms with Gasteiger partial charge in [0.2, 0.25) is 5.88 Å². The third-order valence-corrected chi connectivity index (χ3v) is 5.77. The number of amides is 1. The van der Waals surface area contributed by atoms with Gasteiger partial charge in [0, 0.05) is 35.8 Å². The van der Waals surface area contributed by atoms with Crippen molar-refractivity contribution in [1.82, 2.24) is 14.9 Å². The number of pyridine rings is 1. The van der Waals surface area contributed by atoms with Crippen LogP contribution in [0, 0.1) is 11.7 Å². The first-order valence-electron chi connectivity index (χ1n) is 9.39. The van der Waals surface area contributed by atoms with Gasteiger partial charge in [0.25, 0.3) is 5.91 Å². The number of hydrogen-bond donors (Lipinski definition) is 1. The number of benzene rings is 1. The second-order valence-corrected chi connectivity index (χ2v) is 7.41. The largest absolute Gasteiger partial charge is 0.475 e. The summed E-state index contributed by atoms with van der Waals surface area (Å²) >= 11 is 0. The molecule has 0 bridgehead atoms. The maximum atomic E-state index is 13.7. The standard InChI is InChI=1S/C21H20FN3O3/c22-17-5-3-8-23-19(17)27-11-14-7-9-28-21(14)12-25(13-21)20(26)16-10-24-18-6-2-1-4-15(16)18/h1-6,8,10,14,24H,7,9,11-13H2.